The van der Waals surface area contributed by atoms with E-state index in [1.165, 1.54) is 36.1 Å². The van der Waals surface area contributed by atoms with Crippen LogP contribution in [0.2, 0.25) is 0 Å². The Balaban J connectivity index is 1.46. The Morgan fingerprint density at radius 3 is 2.27 bits per heavy atom. The monoisotopic (exact) mass is 727 g/mol. The number of nitrogens with zero attached hydrogens (tertiary/aromatic N) is 1. The van der Waals surface area contributed by atoms with Crippen LogP contribution in [0, 0.1) is 5.92 Å². The molecule has 5 atom stereocenters. The second-order valence-electron chi connectivity index (χ2n) is 13.1. The molecule has 0 unspecified atom stereocenters. The highest BCUT2D eigenvalue weighted by Crippen LogP contribution is 2.37. The van der Waals surface area contributed by atoms with Gasteiger partial charge in [0.05, 0.1) is 0 Å². The van der Waals surface area contributed by atoms with Crippen molar-refractivity contribution in [2.45, 2.75) is 102 Å². The number of carbonyl (C=O) groups excluding carboxylic acids is 6. The van der Waals surface area contributed by atoms with E-state index < -0.39 is 61.4 Å². The molecule has 2 fully saturated rings. The van der Waals surface area contributed by atoms with Gasteiger partial charge >= 0.3 is 7.82 Å². The minimum Gasteiger partial charge on any atom is -0.404 e. The SMILES string of the molecule is CC(=O)C[C@@H](Cc1ccc(OP(=O)(O)O)cc1)C(=O)N[C@H]1CCCC[C@H]2CC[C@@H](C(=O)N[C@@H](CCC(N)=O)C(=O)NCc3ccccc3)N2C1=O. The Hall–Kier alpha value is -4.59. The van der Waals surface area contributed by atoms with E-state index in [-0.39, 0.29) is 49.8 Å². The number of amides is 5. The molecule has 276 valence electrons. The van der Waals surface area contributed by atoms with E-state index in [1.54, 1.807) is 0 Å². The molecule has 2 heterocycles. The largest absolute Gasteiger partial charge is 0.524 e. The van der Waals surface area contributed by atoms with Gasteiger partial charge in [-0.05, 0) is 68.7 Å². The lowest BCUT2D eigenvalue weighted by molar-refractivity contribution is -0.145. The molecular weight excluding hydrogens is 681 g/mol. The zero-order valence-electron chi connectivity index (χ0n) is 28.5. The van der Waals surface area contributed by atoms with Crippen LogP contribution in [-0.2, 0) is 46.3 Å². The maximum absolute atomic E-state index is 14.1. The molecule has 2 aromatic rings. The molecule has 4 rings (SSSR count). The predicted octanol–water partition coefficient (Wildman–Crippen LogP) is 1.78. The fourth-order valence-electron chi connectivity index (χ4n) is 6.66. The van der Waals surface area contributed by atoms with Crippen LogP contribution in [0.5, 0.6) is 5.75 Å². The van der Waals surface area contributed by atoms with Crippen LogP contribution in [-0.4, -0.2) is 74.2 Å². The molecule has 0 spiro atoms. The summed E-state index contributed by atoms with van der Waals surface area (Å²) in [4.78, 5) is 98.1. The Labute approximate surface area is 296 Å². The number of Topliss-reactive ketones (excluding diaryl/α,β-unsaturated/α-hetero) is 1. The minimum absolute atomic E-state index is 0.0264. The van der Waals surface area contributed by atoms with Crippen LogP contribution in [0.4, 0.5) is 0 Å². The molecule has 2 aliphatic heterocycles. The van der Waals surface area contributed by atoms with E-state index in [9.17, 15) is 33.3 Å². The molecule has 0 saturated carbocycles. The van der Waals surface area contributed by atoms with Gasteiger partial charge in [-0.3, -0.25) is 33.8 Å². The summed E-state index contributed by atoms with van der Waals surface area (Å²) in [5.41, 5.74) is 6.80. The smallest absolute Gasteiger partial charge is 0.404 e. The van der Waals surface area contributed by atoms with Gasteiger partial charge in [0.25, 0.3) is 0 Å². The van der Waals surface area contributed by atoms with E-state index in [4.69, 9.17) is 15.5 Å². The number of rotatable bonds is 16. The van der Waals surface area contributed by atoms with Gasteiger partial charge in [0, 0.05) is 31.3 Å². The number of carbonyl (C=O) groups is 6. The molecule has 0 radical (unpaired) electrons. The molecule has 0 aromatic heterocycles. The van der Waals surface area contributed by atoms with Crippen LogP contribution in [0.15, 0.2) is 54.6 Å². The van der Waals surface area contributed by atoms with E-state index in [2.05, 4.69) is 20.5 Å². The van der Waals surface area contributed by atoms with E-state index >= 15 is 0 Å². The molecule has 0 bridgehead atoms. The Bertz CT molecular complexity index is 1620. The molecule has 5 amide bonds. The second kappa shape index (κ2) is 18.1. The van der Waals surface area contributed by atoms with Crippen LogP contribution in [0.3, 0.4) is 0 Å². The quantitative estimate of drug-likeness (QED) is 0.137. The average Bonchev–Trinajstić information content (AvgIpc) is 3.49. The van der Waals surface area contributed by atoms with Crippen LogP contribution >= 0.6 is 7.82 Å². The molecule has 15 nitrogen and oxygen atoms in total. The van der Waals surface area contributed by atoms with Crippen molar-refractivity contribution in [2.75, 3.05) is 0 Å². The topological polar surface area (TPSA) is 235 Å². The number of phosphoric ester groups is 1. The first-order valence-electron chi connectivity index (χ1n) is 17.1. The maximum atomic E-state index is 14.1. The number of hydrogen-bond acceptors (Lipinski definition) is 8. The summed E-state index contributed by atoms with van der Waals surface area (Å²) in [6.45, 7) is 1.57. The van der Waals surface area contributed by atoms with Crippen molar-refractivity contribution < 1.29 is 47.6 Å². The number of phosphoric acid groups is 1. The lowest BCUT2D eigenvalue weighted by Crippen LogP contribution is -2.58. The van der Waals surface area contributed by atoms with Crippen molar-refractivity contribution in [3.05, 3.63) is 65.7 Å². The van der Waals surface area contributed by atoms with Crippen molar-refractivity contribution in [2.24, 2.45) is 11.7 Å². The van der Waals surface area contributed by atoms with Crippen molar-refractivity contribution in [3.8, 4) is 5.75 Å². The summed E-state index contributed by atoms with van der Waals surface area (Å²) in [6.07, 6.45) is 3.17. The lowest BCUT2D eigenvalue weighted by Gasteiger charge is -2.36. The summed E-state index contributed by atoms with van der Waals surface area (Å²) in [7, 11) is -4.75. The Morgan fingerprint density at radius 2 is 1.63 bits per heavy atom. The van der Waals surface area contributed by atoms with Crippen molar-refractivity contribution in [1.82, 2.24) is 20.9 Å². The van der Waals surface area contributed by atoms with Crippen molar-refractivity contribution >= 4 is 43.1 Å². The number of fused-ring (bicyclic) bond motifs is 1. The number of nitrogens with one attached hydrogen (secondary N) is 3. The summed E-state index contributed by atoms with van der Waals surface area (Å²) >= 11 is 0. The van der Waals surface area contributed by atoms with E-state index in [0.29, 0.717) is 37.7 Å². The van der Waals surface area contributed by atoms with E-state index in [0.717, 1.165) is 12.0 Å². The number of hydrogen-bond donors (Lipinski definition) is 6. The highest BCUT2D eigenvalue weighted by atomic mass is 31.2. The first-order chi connectivity index (χ1) is 24.2. The first-order valence-corrected chi connectivity index (χ1v) is 18.6. The van der Waals surface area contributed by atoms with Gasteiger partial charge in [-0.15, -0.1) is 0 Å². The molecular formula is C35H46N5O10P. The van der Waals surface area contributed by atoms with Crippen LogP contribution in [0.1, 0.15) is 75.8 Å². The first kappa shape index (κ1) is 39.2. The van der Waals surface area contributed by atoms with Crippen molar-refractivity contribution in [3.63, 3.8) is 0 Å². The van der Waals surface area contributed by atoms with E-state index in [1.807, 2.05) is 30.3 Å². The third kappa shape index (κ3) is 12.0. The predicted molar refractivity (Wildman–Crippen MR) is 184 cm³/mol. The standard InChI is InChI=1S/C35H46N5O10P/c1-22(41)19-25(20-23-11-14-27(15-12-23)50-51(47,48)49)32(43)39-29-10-6-5-9-26-13-17-30(40(26)35(29)46)34(45)38-28(16-18-31(36)42)33(44)37-21-24-7-3-2-4-8-24/h2-4,7-8,11-12,14-15,25-26,28-30H,5-6,9-10,13,16-21H2,1H3,(H2,36,42)(H,37,44)(H,38,45)(H,39,43)(H2,47,48,49)/t25-,26-,28-,29-,30-/m0/s1. The normalized spacial score (nSPS) is 20.2. The fraction of sp³-hybridized carbons (Fsp3) is 0.486. The molecule has 2 saturated heterocycles. The maximum Gasteiger partial charge on any atom is 0.524 e. The minimum atomic E-state index is -4.75. The van der Waals surface area contributed by atoms with Crippen molar-refractivity contribution in [1.29, 1.82) is 0 Å². The molecule has 2 aromatic carbocycles. The molecule has 0 aliphatic carbocycles. The van der Waals surface area contributed by atoms with Gasteiger partial charge in [0.2, 0.25) is 29.5 Å². The third-order valence-corrected chi connectivity index (χ3v) is 9.56. The van der Waals surface area contributed by atoms with Crippen LogP contribution in [0.25, 0.3) is 0 Å². The Kier molecular flexibility index (Phi) is 13.9. The molecule has 2 aliphatic rings. The van der Waals surface area contributed by atoms with Gasteiger partial charge in [0.15, 0.2) is 0 Å². The zero-order valence-corrected chi connectivity index (χ0v) is 29.4. The number of benzene rings is 2. The van der Waals surface area contributed by atoms with Gasteiger partial charge < -0.3 is 35.9 Å². The second-order valence-corrected chi connectivity index (χ2v) is 14.3. The number of primary amides is 1. The molecule has 16 heteroatoms. The Morgan fingerprint density at radius 1 is 0.941 bits per heavy atom. The average molecular weight is 728 g/mol. The number of ketones is 1. The summed E-state index contributed by atoms with van der Waals surface area (Å²) in [5, 5.41) is 8.38. The molecule has 7 N–H and O–H groups in total. The zero-order chi connectivity index (χ0) is 37.1. The van der Waals surface area contributed by atoms with Crippen LogP contribution < -0.4 is 26.2 Å². The van der Waals surface area contributed by atoms with Gasteiger partial charge in [-0.1, -0.05) is 55.3 Å². The molecule has 51 heavy (non-hydrogen) atoms. The third-order valence-electron chi connectivity index (χ3n) is 9.11. The van der Waals surface area contributed by atoms with Gasteiger partial charge in [-0.2, -0.15) is 0 Å². The highest BCUT2D eigenvalue weighted by molar-refractivity contribution is 7.46. The summed E-state index contributed by atoms with van der Waals surface area (Å²) in [5.74, 6) is -3.75. The highest BCUT2D eigenvalue weighted by Gasteiger charge is 2.44. The van der Waals surface area contributed by atoms with Gasteiger partial charge in [0.1, 0.15) is 29.7 Å². The lowest BCUT2D eigenvalue weighted by atomic mass is 9.92. The summed E-state index contributed by atoms with van der Waals surface area (Å²) < 4.78 is 15.7. The van der Waals surface area contributed by atoms with Gasteiger partial charge in [-0.25, -0.2) is 4.57 Å². The fourth-order valence-corrected chi connectivity index (χ4v) is 7.05. The number of nitrogens with two attached hydrogens (primary N) is 1. The summed E-state index contributed by atoms with van der Waals surface area (Å²) in [6, 6.07) is 11.8.